The minimum atomic E-state index is -0.449. The Kier molecular flexibility index (Phi) is 2.88. The van der Waals surface area contributed by atoms with Crippen LogP contribution in [0.2, 0.25) is 0 Å². The summed E-state index contributed by atoms with van der Waals surface area (Å²) in [5.74, 6) is 0.445. The van der Waals surface area contributed by atoms with Gasteiger partial charge in [0.05, 0.1) is 6.61 Å². The lowest BCUT2D eigenvalue weighted by atomic mass is 10.1. The highest BCUT2D eigenvalue weighted by molar-refractivity contribution is 7.15. The molecule has 3 heterocycles. The summed E-state index contributed by atoms with van der Waals surface area (Å²) >= 11 is 1.35. The highest BCUT2D eigenvalue weighted by Crippen LogP contribution is 2.30. The SMILES string of the molecule is O=[N+]([O-])c1c(OCC2CCNC2)nc2sccn12. The topological polar surface area (TPSA) is 81.7 Å². The van der Waals surface area contributed by atoms with Crippen LogP contribution in [0.3, 0.4) is 0 Å². The molecule has 1 N–H and O–H groups in total. The molecule has 1 unspecified atom stereocenters. The van der Waals surface area contributed by atoms with Gasteiger partial charge < -0.3 is 20.2 Å². The average molecular weight is 268 g/mol. The van der Waals surface area contributed by atoms with Gasteiger partial charge in [-0.25, -0.2) is 0 Å². The molecule has 1 saturated heterocycles. The van der Waals surface area contributed by atoms with Gasteiger partial charge in [-0.2, -0.15) is 9.38 Å². The molecule has 1 fully saturated rings. The van der Waals surface area contributed by atoms with Crippen LogP contribution in [0.5, 0.6) is 5.88 Å². The minimum absolute atomic E-state index is 0.0859. The van der Waals surface area contributed by atoms with Crippen molar-refractivity contribution in [1.29, 1.82) is 0 Å². The lowest BCUT2D eigenvalue weighted by molar-refractivity contribution is -0.391. The molecule has 1 atom stereocenters. The molecule has 0 spiro atoms. The molecule has 2 aromatic rings. The predicted molar refractivity (Wildman–Crippen MR) is 66.2 cm³/mol. The summed E-state index contributed by atoms with van der Waals surface area (Å²) in [6.45, 7) is 2.35. The van der Waals surface area contributed by atoms with Crippen LogP contribution in [0.15, 0.2) is 11.6 Å². The summed E-state index contributed by atoms with van der Waals surface area (Å²) < 4.78 is 6.97. The van der Waals surface area contributed by atoms with Gasteiger partial charge in [-0.15, -0.1) is 0 Å². The van der Waals surface area contributed by atoms with Crippen LogP contribution >= 0.6 is 11.3 Å². The molecule has 2 aromatic heterocycles. The quantitative estimate of drug-likeness (QED) is 0.667. The fourth-order valence-corrected chi connectivity index (χ4v) is 2.77. The molecule has 18 heavy (non-hydrogen) atoms. The summed E-state index contributed by atoms with van der Waals surface area (Å²) in [5, 5.41) is 16.0. The number of nitrogens with one attached hydrogen (secondary N) is 1. The Hall–Kier alpha value is -1.67. The highest BCUT2D eigenvalue weighted by Gasteiger charge is 2.26. The van der Waals surface area contributed by atoms with E-state index in [0.29, 0.717) is 17.5 Å². The van der Waals surface area contributed by atoms with Crippen molar-refractivity contribution in [3.63, 3.8) is 0 Å². The van der Waals surface area contributed by atoms with Crippen molar-refractivity contribution in [2.24, 2.45) is 5.92 Å². The van der Waals surface area contributed by atoms with Crippen LogP contribution in [0, 0.1) is 16.0 Å². The van der Waals surface area contributed by atoms with Gasteiger partial charge in [-0.05, 0) is 17.9 Å². The second kappa shape index (κ2) is 4.54. The van der Waals surface area contributed by atoms with Crippen molar-refractivity contribution in [3.05, 3.63) is 21.7 Å². The number of thiazole rings is 1. The molecule has 0 aliphatic carbocycles. The molecule has 1 aliphatic heterocycles. The van der Waals surface area contributed by atoms with Gasteiger partial charge in [0.25, 0.3) is 4.96 Å². The Morgan fingerprint density at radius 1 is 1.72 bits per heavy atom. The zero-order valence-corrected chi connectivity index (χ0v) is 10.4. The summed E-state index contributed by atoms with van der Waals surface area (Å²) in [7, 11) is 0. The molecule has 0 saturated carbocycles. The van der Waals surface area contributed by atoms with Crippen LogP contribution in [-0.2, 0) is 0 Å². The zero-order chi connectivity index (χ0) is 12.5. The smallest absolute Gasteiger partial charge is 0.393 e. The van der Waals surface area contributed by atoms with E-state index in [4.69, 9.17) is 4.74 Å². The number of hydrogen-bond acceptors (Lipinski definition) is 6. The first-order valence-corrected chi connectivity index (χ1v) is 6.57. The number of fused-ring (bicyclic) bond motifs is 1. The van der Waals surface area contributed by atoms with E-state index in [2.05, 4.69) is 10.3 Å². The molecular weight excluding hydrogens is 256 g/mol. The van der Waals surface area contributed by atoms with Gasteiger partial charge in [-0.3, -0.25) is 0 Å². The van der Waals surface area contributed by atoms with Gasteiger partial charge in [-0.1, -0.05) is 11.3 Å². The van der Waals surface area contributed by atoms with Crippen LogP contribution in [0.1, 0.15) is 6.42 Å². The van der Waals surface area contributed by atoms with E-state index in [-0.39, 0.29) is 11.7 Å². The number of imidazole rings is 1. The van der Waals surface area contributed by atoms with Crippen LogP contribution < -0.4 is 10.1 Å². The largest absolute Gasteiger partial charge is 0.471 e. The predicted octanol–water partition coefficient (Wildman–Crippen LogP) is 1.29. The van der Waals surface area contributed by atoms with E-state index in [1.807, 2.05) is 0 Å². The van der Waals surface area contributed by atoms with Gasteiger partial charge in [0.2, 0.25) is 0 Å². The molecule has 1 aliphatic rings. The highest BCUT2D eigenvalue weighted by atomic mass is 32.1. The first-order chi connectivity index (χ1) is 8.75. The van der Waals surface area contributed by atoms with Gasteiger partial charge in [0, 0.05) is 17.8 Å². The van der Waals surface area contributed by atoms with Crippen molar-refractivity contribution in [3.8, 4) is 5.88 Å². The second-order valence-corrected chi connectivity index (χ2v) is 5.10. The van der Waals surface area contributed by atoms with Gasteiger partial charge in [0.1, 0.15) is 6.20 Å². The minimum Gasteiger partial charge on any atom is -0.471 e. The first-order valence-electron chi connectivity index (χ1n) is 5.69. The molecular formula is C10H12N4O3S. The fraction of sp³-hybridized carbons (Fsp3) is 0.500. The Bertz CT molecular complexity index is 573. The molecule has 7 nitrogen and oxygen atoms in total. The van der Waals surface area contributed by atoms with Crippen molar-refractivity contribution < 1.29 is 9.66 Å². The van der Waals surface area contributed by atoms with Crippen molar-refractivity contribution in [1.82, 2.24) is 14.7 Å². The van der Waals surface area contributed by atoms with Crippen LogP contribution in [-0.4, -0.2) is 34.0 Å². The van der Waals surface area contributed by atoms with E-state index in [1.54, 1.807) is 11.6 Å². The average Bonchev–Trinajstić information content (AvgIpc) is 3.01. The maximum absolute atomic E-state index is 11.0. The number of aromatic nitrogens is 2. The lowest BCUT2D eigenvalue weighted by Crippen LogP contribution is -2.16. The normalized spacial score (nSPS) is 19.4. The number of nitrogens with zero attached hydrogens (tertiary/aromatic N) is 3. The summed E-state index contributed by atoms with van der Waals surface area (Å²) in [5.41, 5.74) is 0. The molecule has 8 heteroatoms. The summed E-state index contributed by atoms with van der Waals surface area (Å²) in [4.78, 5) is 15.3. The molecule has 3 rings (SSSR count). The van der Waals surface area contributed by atoms with E-state index < -0.39 is 4.92 Å². The fourth-order valence-electron chi connectivity index (χ4n) is 2.07. The van der Waals surface area contributed by atoms with Gasteiger partial charge in [0.15, 0.2) is 0 Å². The number of hydrogen-bond donors (Lipinski definition) is 1. The molecule has 0 bridgehead atoms. The maximum Gasteiger partial charge on any atom is 0.393 e. The van der Waals surface area contributed by atoms with Crippen molar-refractivity contribution in [2.45, 2.75) is 6.42 Å². The van der Waals surface area contributed by atoms with E-state index in [0.717, 1.165) is 19.5 Å². The van der Waals surface area contributed by atoms with Gasteiger partial charge >= 0.3 is 11.7 Å². The zero-order valence-electron chi connectivity index (χ0n) is 9.54. The number of rotatable bonds is 4. The molecule has 0 amide bonds. The maximum atomic E-state index is 11.0. The number of ether oxygens (including phenoxy) is 1. The van der Waals surface area contributed by atoms with E-state index >= 15 is 0 Å². The third kappa shape index (κ3) is 1.93. The Balaban J connectivity index is 1.83. The Labute approximate surface area is 107 Å². The molecule has 0 radical (unpaired) electrons. The lowest BCUT2D eigenvalue weighted by Gasteiger charge is -2.07. The van der Waals surface area contributed by atoms with Crippen molar-refractivity contribution >= 4 is 22.1 Å². The third-order valence-electron chi connectivity index (χ3n) is 3.00. The molecule has 96 valence electrons. The van der Waals surface area contributed by atoms with Crippen LogP contribution in [0.25, 0.3) is 4.96 Å². The van der Waals surface area contributed by atoms with Crippen molar-refractivity contribution in [2.75, 3.05) is 19.7 Å². The van der Waals surface area contributed by atoms with Crippen LogP contribution in [0.4, 0.5) is 5.82 Å². The van der Waals surface area contributed by atoms with E-state index in [1.165, 1.54) is 15.7 Å². The Morgan fingerprint density at radius 3 is 3.33 bits per heavy atom. The summed E-state index contributed by atoms with van der Waals surface area (Å²) in [6, 6.07) is 0. The standard InChI is InChI=1S/C10H12N4O3S/c15-14(16)9-8(12-10-13(9)3-4-18-10)17-6-7-1-2-11-5-7/h3-4,7,11H,1-2,5-6H2. The monoisotopic (exact) mass is 268 g/mol. The van der Waals surface area contributed by atoms with E-state index in [9.17, 15) is 10.1 Å². The first kappa shape index (κ1) is 11.4. The Morgan fingerprint density at radius 2 is 2.61 bits per heavy atom. The number of nitro groups is 1. The summed E-state index contributed by atoms with van der Waals surface area (Å²) in [6.07, 6.45) is 2.67. The second-order valence-electron chi connectivity index (χ2n) is 4.22. The molecule has 0 aromatic carbocycles. The third-order valence-corrected chi connectivity index (χ3v) is 3.75.